The van der Waals surface area contributed by atoms with Crippen LogP contribution in [0.3, 0.4) is 0 Å². The lowest BCUT2D eigenvalue weighted by Gasteiger charge is -2.27. The minimum absolute atomic E-state index is 0.231. The van der Waals surface area contributed by atoms with Crippen LogP contribution in [0.25, 0.3) is 0 Å². The molecule has 0 aliphatic heterocycles. The summed E-state index contributed by atoms with van der Waals surface area (Å²) < 4.78 is 9.88. The van der Waals surface area contributed by atoms with Gasteiger partial charge < -0.3 is 14.6 Å². The van der Waals surface area contributed by atoms with Gasteiger partial charge in [-0.3, -0.25) is 4.79 Å². The van der Waals surface area contributed by atoms with Crippen molar-refractivity contribution in [2.24, 2.45) is 5.41 Å². The van der Waals surface area contributed by atoms with Gasteiger partial charge in [0.15, 0.2) is 0 Å². The first kappa shape index (κ1) is 18.9. The number of hydrogen-bond donors (Lipinski definition) is 1. The molecule has 0 radical (unpaired) electrons. The molecule has 0 aromatic heterocycles. The Balaban J connectivity index is 4.93. The molecule has 0 fully saturated rings. The Kier molecular flexibility index (Phi) is 8.76. The van der Waals surface area contributed by atoms with Crippen LogP contribution in [0.2, 0.25) is 0 Å². The van der Waals surface area contributed by atoms with Gasteiger partial charge in [0.1, 0.15) is 18.6 Å². The molecule has 0 spiro atoms. The summed E-state index contributed by atoms with van der Waals surface area (Å²) >= 11 is 0. The summed E-state index contributed by atoms with van der Waals surface area (Å²) in [5.74, 6) is -2.41. The molecule has 0 aromatic carbocycles. The number of allylic oxidation sites excluding steroid dienone is 2. The Bertz CT molecular complexity index is 394. The van der Waals surface area contributed by atoms with Crippen LogP contribution in [0.5, 0.6) is 0 Å². The van der Waals surface area contributed by atoms with E-state index in [-0.39, 0.29) is 19.6 Å². The molecule has 0 saturated heterocycles. The van der Waals surface area contributed by atoms with Gasteiger partial charge in [-0.2, -0.15) is 0 Å². The average Bonchev–Trinajstić information content (AvgIpc) is 2.42. The van der Waals surface area contributed by atoms with Crippen molar-refractivity contribution in [1.82, 2.24) is 0 Å². The van der Waals surface area contributed by atoms with Crippen molar-refractivity contribution in [3.8, 4) is 0 Å². The average molecular weight is 298 g/mol. The van der Waals surface area contributed by atoms with Gasteiger partial charge in [-0.1, -0.05) is 25.5 Å². The first-order chi connectivity index (χ1) is 9.91. The van der Waals surface area contributed by atoms with Crippen LogP contribution in [-0.2, 0) is 23.9 Å². The maximum Gasteiger partial charge on any atom is 0.330 e. The van der Waals surface area contributed by atoms with Gasteiger partial charge in [0.2, 0.25) is 0 Å². The number of hydrogen-bond acceptors (Lipinski definition) is 5. The molecule has 0 aliphatic carbocycles. The van der Waals surface area contributed by atoms with Crippen LogP contribution < -0.4 is 0 Å². The highest BCUT2D eigenvalue weighted by molar-refractivity contribution is 5.83. The molecule has 6 heteroatoms. The number of rotatable bonds is 9. The number of carbonyl (C=O) groups is 3. The maximum absolute atomic E-state index is 11.5. The molecule has 21 heavy (non-hydrogen) atoms. The normalized spacial score (nSPS) is 14.0. The zero-order valence-corrected chi connectivity index (χ0v) is 12.6. The quantitative estimate of drug-likeness (QED) is 0.518. The van der Waals surface area contributed by atoms with Crippen molar-refractivity contribution in [1.29, 1.82) is 0 Å². The molecule has 0 saturated carbocycles. The fraction of sp³-hybridized carbons (Fsp3) is 0.533. The highest BCUT2D eigenvalue weighted by atomic mass is 16.5. The number of aliphatic carboxylic acids is 1. The second-order valence-corrected chi connectivity index (χ2v) is 4.55. The Hall–Kier alpha value is -2.11. The van der Waals surface area contributed by atoms with Crippen molar-refractivity contribution < 1.29 is 29.0 Å². The molecule has 0 atom stereocenters. The largest absolute Gasteiger partial charge is 0.481 e. The highest BCUT2D eigenvalue weighted by Gasteiger charge is 2.40. The summed E-state index contributed by atoms with van der Waals surface area (Å²) in [7, 11) is 0. The van der Waals surface area contributed by atoms with Gasteiger partial charge in [-0.25, -0.2) is 9.59 Å². The summed E-state index contributed by atoms with van der Waals surface area (Å²) in [6.07, 6.45) is 6.17. The molecule has 1 N–H and O–H groups in total. The first-order valence-corrected chi connectivity index (χ1v) is 6.74. The molecule has 0 rings (SSSR count). The zero-order valence-electron chi connectivity index (χ0n) is 12.6. The molecule has 0 aliphatic rings. The van der Waals surface area contributed by atoms with E-state index in [9.17, 15) is 19.5 Å². The van der Waals surface area contributed by atoms with E-state index in [1.807, 2.05) is 0 Å². The van der Waals surface area contributed by atoms with Crippen molar-refractivity contribution in [3.63, 3.8) is 0 Å². The molecule has 0 unspecified atom stereocenters. The minimum Gasteiger partial charge on any atom is -0.481 e. The lowest BCUT2D eigenvalue weighted by atomic mass is 9.85. The van der Waals surface area contributed by atoms with Crippen LogP contribution in [0.15, 0.2) is 24.3 Å². The standard InChI is InChI=1S/C15H22O6/c1-4-7-12(16)20-10-15(9-6-3,14(18)19)11-21-13(17)8-5-2/h4-5,7-8H,6,9-11H2,1-3H3,(H,18,19). The maximum atomic E-state index is 11.5. The van der Waals surface area contributed by atoms with Crippen molar-refractivity contribution >= 4 is 17.9 Å². The molecule has 6 nitrogen and oxygen atoms in total. The van der Waals surface area contributed by atoms with Crippen LogP contribution in [-0.4, -0.2) is 36.2 Å². The van der Waals surface area contributed by atoms with Crippen LogP contribution >= 0.6 is 0 Å². The Morgan fingerprint density at radius 1 is 1.00 bits per heavy atom. The lowest BCUT2D eigenvalue weighted by molar-refractivity contribution is -0.165. The lowest BCUT2D eigenvalue weighted by Crippen LogP contribution is -2.41. The van der Waals surface area contributed by atoms with Gasteiger partial charge >= 0.3 is 17.9 Å². The molecule has 0 heterocycles. The molecule has 0 aromatic rings. The molecule has 118 valence electrons. The van der Waals surface area contributed by atoms with E-state index < -0.39 is 23.3 Å². The Labute approximate surface area is 124 Å². The van der Waals surface area contributed by atoms with Crippen molar-refractivity contribution in [2.75, 3.05) is 13.2 Å². The topological polar surface area (TPSA) is 89.9 Å². The third kappa shape index (κ3) is 6.74. The van der Waals surface area contributed by atoms with Gasteiger partial charge in [0.25, 0.3) is 0 Å². The minimum atomic E-state index is -1.43. The second-order valence-electron chi connectivity index (χ2n) is 4.55. The number of ether oxygens (including phenoxy) is 2. The van der Waals surface area contributed by atoms with Crippen molar-refractivity contribution in [2.45, 2.75) is 33.6 Å². The third-order valence-electron chi connectivity index (χ3n) is 2.77. The summed E-state index contributed by atoms with van der Waals surface area (Å²) in [5.41, 5.74) is -1.43. The van der Waals surface area contributed by atoms with E-state index in [0.29, 0.717) is 6.42 Å². The SMILES string of the molecule is CC=CC(=O)OCC(CCC)(COC(=O)C=CC)C(=O)O. The summed E-state index contributed by atoms with van der Waals surface area (Å²) in [5, 5.41) is 9.42. The van der Waals surface area contributed by atoms with Crippen LogP contribution in [0, 0.1) is 5.41 Å². The fourth-order valence-electron chi connectivity index (χ4n) is 1.68. The number of carboxylic acids is 1. The van der Waals surface area contributed by atoms with E-state index in [2.05, 4.69) is 0 Å². The predicted molar refractivity (Wildman–Crippen MR) is 76.5 cm³/mol. The van der Waals surface area contributed by atoms with E-state index in [1.165, 1.54) is 24.3 Å². The Morgan fingerprint density at radius 2 is 1.43 bits per heavy atom. The van der Waals surface area contributed by atoms with Crippen molar-refractivity contribution in [3.05, 3.63) is 24.3 Å². The molecular weight excluding hydrogens is 276 g/mol. The number of carbonyl (C=O) groups excluding carboxylic acids is 2. The van der Waals surface area contributed by atoms with E-state index in [1.54, 1.807) is 20.8 Å². The smallest absolute Gasteiger partial charge is 0.330 e. The van der Waals surface area contributed by atoms with E-state index >= 15 is 0 Å². The van der Waals surface area contributed by atoms with E-state index in [0.717, 1.165) is 0 Å². The van der Waals surface area contributed by atoms with Gasteiger partial charge in [-0.05, 0) is 20.3 Å². The molecule has 0 bridgehead atoms. The molecule has 0 amide bonds. The second kappa shape index (κ2) is 9.74. The van der Waals surface area contributed by atoms with Gasteiger partial charge in [0.05, 0.1) is 0 Å². The third-order valence-corrected chi connectivity index (χ3v) is 2.77. The van der Waals surface area contributed by atoms with Gasteiger partial charge in [-0.15, -0.1) is 0 Å². The van der Waals surface area contributed by atoms with Crippen LogP contribution in [0.4, 0.5) is 0 Å². The highest BCUT2D eigenvalue weighted by Crippen LogP contribution is 2.26. The number of carboxylic acid groups (broad SMARTS) is 1. The number of esters is 2. The predicted octanol–water partition coefficient (Wildman–Crippen LogP) is 2.10. The fourth-order valence-corrected chi connectivity index (χ4v) is 1.68. The summed E-state index contributed by atoms with van der Waals surface area (Å²) in [4.78, 5) is 34.2. The van der Waals surface area contributed by atoms with E-state index in [4.69, 9.17) is 9.47 Å². The molecular formula is C15H22O6. The van der Waals surface area contributed by atoms with Gasteiger partial charge in [0, 0.05) is 12.2 Å². The Morgan fingerprint density at radius 3 is 1.71 bits per heavy atom. The summed E-state index contributed by atoms with van der Waals surface area (Å²) in [6, 6.07) is 0. The van der Waals surface area contributed by atoms with Crippen LogP contribution in [0.1, 0.15) is 33.6 Å². The monoisotopic (exact) mass is 298 g/mol. The first-order valence-electron chi connectivity index (χ1n) is 6.74. The zero-order chi connectivity index (χ0) is 16.3. The summed E-state index contributed by atoms with van der Waals surface area (Å²) in [6.45, 7) is 4.41.